The first-order valence-electron chi connectivity index (χ1n) is 4.89. The lowest BCUT2D eigenvalue weighted by Crippen LogP contribution is -2.00. The predicted molar refractivity (Wildman–Crippen MR) is 60.5 cm³/mol. The highest BCUT2D eigenvalue weighted by atomic mass is 16.5. The van der Waals surface area contributed by atoms with Gasteiger partial charge in [-0.2, -0.15) is 0 Å². The summed E-state index contributed by atoms with van der Waals surface area (Å²) in [6, 6.07) is 1.62. The number of methoxy groups -OCH3 is 3. The van der Waals surface area contributed by atoms with E-state index in [-0.39, 0.29) is 0 Å². The van der Waals surface area contributed by atoms with Crippen molar-refractivity contribution in [1.82, 2.24) is 9.97 Å². The Hall–Kier alpha value is -2.24. The third kappa shape index (κ3) is 1.77. The van der Waals surface area contributed by atoms with Crippen molar-refractivity contribution in [3.05, 3.63) is 18.0 Å². The molecular weight excluding hydrogens is 224 g/mol. The molecule has 0 spiro atoms. The number of carbonyl (C=O) groups excluding carboxylic acids is 1. The summed E-state index contributed by atoms with van der Waals surface area (Å²) >= 11 is 0. The topological polar surface area (TPSA) is 73.4 Å². The Kier molecular flexibility index (Phi) is 2.86. The van der Waals surface area contributed by atoms with Crippen LogP contribution in [0.25, 0.3) is 10.9 Å². The number of rotatable bonds is 3. The van der Waals surface area contributed by atoms with Gasteiger partial charge in [0.25, 0.3) is 0 Å². The Labute approximate surface area is 97.5 Å². The molecule has 0 unspecified atom stereocenters. The van der Waals surface area contributed by atoms with Crippen LogP contribution in [-0.4, -0.2) is 37.3 Å². The average Bonchev–Trinajstić information content (AvgIpc) is 2.81. The van der Waals surface area contributed by atoms with E-state index >= 15 is 0 Å². The van der Waals surface area contributed by atoms with Gasteiger partial charge in [-0.25, -0.2) is 9.78 Å². The van der Waals surface area contributed by atoms with E-state index in [1.54, 1.807) is 6.07 Å². The average molecular weight is 236 g/mol. The van der Waals surface area contributed by atoms with Crippen LogP contribution in [0.3, 0.4) is 0 Å². The summed E-state index contributed by atoms with van der Waals surface area (Å²) in [5, 5.41) is 0.673. The minimum atomic E-state index is -0.453. The number of aromatic nitrogens is 2. The molecule has 0 aliphatic heterocycles. The van der Waals surface area contributed by atoms with Gasteiger partial charge in [-0.15, -0.1) is 0 Å². The van der Waals surface area contributed by atoms with Crippen LogP contribution in [-0.2, 0) is 4.74 Å². The van der Waals surface area contributed by atoms with Gasteiger partial charge >= 0.3 is 5.97 Å². The third-order valence-corrected chi connectivity index (χ3v) is 2.41. The standard InChI is InChI=1S/C11H12N2O4/c1-15-8-5-12-10(16-2)6-4-7(11(14)17-3)13-9(6)8/h4-5,13H,1-3H3. The second-order valence-electron chi connectivity index (χ2n) is 3.30. The number of ether oxygens (including phenoxy) is 3. The Bertz CT molecular complexity index is 521. The Morgan fingerprint density at radius 2 is 2.06 bits per heavy atom. The Morgan fingerprint density at radius 1 is 1.29 bits per heavy atom. The monoisotopic (exact) mass is 236 g/mol. The molecule has 0 saturated carbocycles. The molecule has 17 heavy (non-hydrogen) atoms. The number of fused-ring (bicyclic) bond motifs is 1. The summed E-state index contributed by atoms with van der Waals surface area (Å²) < 4.78 is 14.9. The van der Waals surface area contributed by atoms with Gasteiger partial charge in [-0.05, 0) is 6.07 Å². The normalized spacial score (nSPS) is 10.3. The van der Waals surface area contributed by atoms with E-state index in [0.717, 1.165) is 0 Å². The lowest BCUT2D eigenvalue weighted by Gasteiger charge is -2.03. The minimum absolute atomic E-state index is 0.326. The largest absolute Gasteiger partial charge is 0.493 e. The summed E-state index contributed by atoms with van der Waals surface area (Å²) in [5.41, 5.74) is 0.979. The molecule has 2 aromatic heterocycles. The summed E-state index contributed by atoms with van der Waals surface area (Å²) in [6.45, 7) is 0. The SMILES string of the molecule is COC(=O)c1cc2c(OC)ncc(OC)c2[nH]1. The van der Waals surface area contributed by atoms with E-state index in [9.17, 15) is 4.79 Å². The van der Waals surface area contributed by atoms with E-state index in [4.69, 9.17) is 9.47 Å². The van der Waals surface area contributed by atoms with Crippen LogP contribution < -0.4 is 9.47 Å². The molecule has 0 aliphatic carbocycles. The molecule has 0 bridgehead atoms. The molecule has 2 heterocycles. The first-order valence-corrected chi connectivity index (χ1v) is 4.89. The van der Waals surface area contributed by atoms with Crippen molar-refractivity contribution in [3.63, 3.8) is 0 Å². The van der Waals surface area contributed by atoms with Crippen LogP contribution in [0.1, 0.15) is 10.5 Å². The Balaban J connectivity index is 2.68. The van der Waals surface area contributed by atoms with E-state index < -0.39 is 5.97 Å². The lowest BCUT2D eigenvalue weighted by molar-refractivity contribution is 0.0595. The summed E-state index contributed by atoms with van der Waals surface area (Å²) in [4.78, 5) is 18.4. The molecule has 0 aromatic carbocycles. The van der Waals surface area contributed by atoms with Gasteiger partial charge in [0.1, 0.15) is 5.69 Å². The van der Waals surface area contributed by atoms with E-state index in [2.05, 4.69) is 14.7 Å². The van der Waals surface area contributed by atoms with E-state index in [0.29, 0.717) is 28.2 Å². The van der Waals surface area contributed by atoms with Crippen LogP contribution in [0, 0.1) is 0 Å². The van der Waals surface area contributed by atoms with Crippen molar-refractivity contribution in [2.45, 2.75) is 0 Å². The van der Waals surface area contributed by atoms with Crippen LogP contribution in [0.4, 0.5) is 0 Å². The van der Waals surface area contributed by atoms with Gasteiger partial charge in [0.15, 0.2) is 5.75 Å². The number of H-pyrrole nitrogens is 1. The van der Waals surface area contributed by atoms with E-state index in [1.807, 2.05) is 0 Å². The number of pyridine rings is 1. The van der Waals surface area contributed by atoms with Crippen molar-refractivity contribution >= 4 is 16.9 Å². The Morgan fingerprint density at radius 3 is 2.65 bits per heavy atom. The lowest BCUT2D eigenvalue weighted by atomic mass is 10.3. The fourth-order valence-corrected chi connectivity index (χ4v) is 1.61. The molecule has 6 nitrogen and oxygen atoms in total. The van der Waals surface area contributed by atoms with Crippen molar-refractivity contribution in [2.24, 2.45) is 0 Å². The number of aromatic amines is 1. The fourth-order valence-electron chi connectivity index (χ4n) is 1.61. The number of nitrogens with one attached hydrogen (secondary N) is 1. The van der Waals surface area contributed by atoms with Gasteiger partial charge in [-0.3, -0.25) is 0 Å². The first kappa shape index (κ1) is 11.3. The molecular formula is C11H12N2O4. The van der Waals surface area contributed by atoms with Gasteiger partial charge in [0.2, 0.25) is 5.88 Å². The van der Waals surface area contributed by atoms with Crippen LogP contribution in [0.15, 0.2) is 12.3 Å². The smallest absolute Gasteiger partial charge is 0.354 e. The quantitative estimate of drug-likeness (QED) is 0.814. The van der Waals surface area contributed by atoms with Crippen LogP contribution in [0.2, 0.25) is 0 Å². The maximum absolute atomic E-state index is 11.4. The molecule has 2 rings (SSSR count). The van der Waals surface area contributed by atoms with Gasteiger partial charge in [0, 0.05) is 0 Å². The molecule has 6 heteroatoms. The summed E-state index contributed by atoms with van der Waals surface area (Å²) in [7, 11) is 4.36. The summed E-state index contributed by atoms with van der Waals surface area (Å²) in [6.07, 6.45) is 1.53. The van der Waals surface area contributed by atoms with Gasteiger partial charge < -0.3 is 19.2 Å². The highest BCUT2D eigenvalue weighted by molar-refractivity contribution is 5.98. The molecule has 1 N–H and O–H groups in total. The highest BCUT2D eigenvalue weighted by Crippen LogP contribution is 2.31. The van der Waals surface area contributed by atoms with Gasteiger partial charge in [-0.1, -0.05) is 0 Å². The maximum atomic E-state index is 11.4. The molecule has 2 aromatic rings. The predicted octanol–water partition coefficient (Wildman–Crippen LogP) is 1.37. The molecule has 0 atom stereocenters. The molecule has 0 fully saturated rings. The maximum Gasteiger partial charge on any atom is 0.354 e. The zero-order chi connectivity index (χ0) is 12.4. The number of esters is 1. The molecule has 0 saturated heterocycles. The van der Waals surface area contributed by atoms with Crippen LogP contribution >= 0.6 is 0 Å². The van der Waals surface area contributed by atoms with Crippen LogP contribution in [0.5, 0.6) is 11.6 Å². The van der Waals surface area contributed by atoms with Gasteiger partial charge in [0.05, 0.1) is 38.4 Å². The fraction of sp³-hybridized carbons (Fsp3) is 0.273. The number of nitrogens with zero attached hydrogens (tertiary/aromatic N) is 1. The zero-order valence-corrected chi connectivity index (χ0v) is 9.73. The number of carbonyl (C=O) groups is 1. The zero-order valence-electron chi connectivity index (χ0n) is 9.73. The second kappa shape index (κ2) is 4.32. The number of hydrogen-bond acceptors (Lipinski definition) is 5. The molecule has 0 aliphatic rings. The van der Waals surface area contributed by atoms with Crippen molar-refractivity contribution in [2.75, 3.05) is 21.3 Å². The highest BCUT2D eigenvalue weighted by Gasteiger charge is 2.16. The van der Waals surface area contributed by atoms with E-state index in [1.165, 1.54) is 27.5 Å². The molecule has 0 radical (unpaired) electrons. The molecule has 90 valence electrons. The van der Waals surface area contributed by atoms with Crippen molar-refractivity contribution < 1.29 is 19.0 Å². The first-order chi connectivity index (χ1) is 8.21. The second-order valence-corrected chi connectivity index (χ2v) is 3.30. The molecule has 0 amide bonds. The van der Waals surface area contributed by atoms with Crippen molar-refractivity contribution in [3.8, 4) is 11.6 Å². The number of hydrogen-bond donors (Lipinski definition) is 1. The third-order valence-electron chi connectivity index (χ3n) is 2.41. The van der Waals surface area contributed by atoms with Crippen molar-refractivity contribution in [1.29, 1.82) is 0 Å². The minimum Gasteiger partial charge on any atom is -0.493 e. The summed E-state index contributed by atoms with van der Waals surface area (Å²) in [5.74, 6) is 0.508.